The van der Waals surface area contributed by atoms with Gasteiger partial charge < -0.3 is 0 Å². The minimum atomic E-state index is 1.04. The van der Waals surface area contributed by atoms with Crippen LogP contribution in [0.4, 0.5) is 0 Å². The average molecular weight is 273 g/mol. The lowest BCUT2D eigenvalue weighted by molar-refractivity contribution is 1.22. The van der Waals surface area contributed by atoms with Crippen molar-refractivity contribution in [3.05, 3.63) is 77.5 Å². The van der Waals surface area contributed by atoms with Gasteiger partial charge in [0.25, 0.3) is 0 Å². The van der Waals surface area contributed by atoms with Crippen LogP contribution < -0.4 is 0 Å². The summed E-state index contributed by atoms with van der Waals surface area (Å²) in [6.07, 6.45) is 1.95. The van der Waals surface area contributed by atoms with Crippen LogP contribution in [0.5, 0.6) is 0 Å². The van der Waals surface area contributed by atoms with Crippen LogP contribution in [0.1, 0.15) is 16.7 Å². The summed E-state index contributed by atoms with van der Waals surface area (Å²) in [4.78, 5) is 4.55. The van der Waals surface area contributed by atoms with Crippen molar-refractivity contribution in [2.24, 2.45) is 0 Å². The standard InChI is InChI=1S/C20H19N/c1-14-12-20(21-13-16(14)3)18-9-10-19(15(2)11-18)17-7-5-4-6-8-17/h4-13H,1-3H3. The van der Waals surface area contributed by atoms with Crippen LogP contribution in [-0.4, -0.2) is 4.98 Å². The lowest BCUT2D eigenvalue weighted by Gasteiger charge is -2.10. The maximum atomic E-state index is 4.55. The Hall–Kier alpha value is -2.41. The molecular weight excluding hydrogens is 254 g/mol. The van der Waals surface area contributed by atoms with Crippen molar-refractivity contribution >= 4 is 0 Å². The molecule has 0 atom stereocenters. The molecule has 0 bridgehead atoms. The molecule has 3 aromatic rings. The van der Waals surface area contributed by atoms with Gasteiger partial charge in [-0.05, 0) is 60.7 Å². The minimum Gasteiger partial charge on any atom is -0.256 e. The zero-order chi connectivity index (χ0) is 14.8. The molecule has 0 fully saturated rings. The van der Waals surface area contributed by atoms with Crippen LogP contribution in [0, 0.1) is 20.8 Å². The Morgan fingerprint density at radius 1 is 0.667 bits per heavy atom. The predicted molar refractivity (Wildman–Crippen MR) is 89.3 cm³/mol. The molecule has 0 saturated heterocycles. The third kappa shape index (κ3) is 2.73. The number of pyridine rings is 1. The number of aryl methyl sites for hydroxylation is 3. The van der Waals surface area contributed by atoms with E-state index in [2.05, 4.69) is 74.3 Å². The van der Waals surface area contributed by atoms with E-state index in [0.717, 1.165) is 5.69 Å². The van der Waals surface area contributed by atoms with Crippen molar-refractivity contribution in [2.75, 3.05) is 0 Å². The molecule has 2 aromatic carbocycles. The fraction of sp³-hybridized carbons (Fsp3) is 0.150. The molecular formula is C20H19N. The van der Waals surface area contributed by atoms with E-state index in [-0.39, 0.29) is 0 Å². The van der Waals surface area contributed by atoms with Crippen molar-refractivity contribution in [3.8, 4) is 22.4 Å². The highest BCUT2D eigenvalue weighted by molar-refractivity contribution is 5.72. The molecule has 0 unspecified atom stereocenters. The van der Waals surface area contributed by atoms with Gasteiger partial charge in [-0.25, -0.2) is 0 Å². The number of benzene rings is 2. The van der Waals surface area contributed by atoms with Crippen LogP contribution in [0.25, 0.3) is 22.4 Å². The van der Waals surface area contributed by atoms with E-state index in [4.69, 9.17) is 0 Å². The Balaban J connectivity index is 2.03. The number of nitrogens with zero attached hydrogens (tertiary/aromatic N) is 1. The fourth-order valence-corrected chi connectivity index (χ4v) is 2.55. The molecule has 0 N–H and O–H groups in total. The first kappa shape index (κ1) is 13.6. The molecule has 0 radical (unpaired) electrons. The average Bonchev–Trinajstić information content (AvgIpc) is 2.51. The van der Waals surface area contributed by atoms with Crippen LogP contribution in [-0.2, 0) is 0 Å². The van der Waals surface area contributed by atoms with Gasteiger partial charge in [0, 0.05) is 11.8 Å². The molecule has 1 nitrogen and oxygen atoms in total. The predicted octanol–water partition coefficient (Wildman–Crippen LogP) is 5.34. The third-order valence-electron chi connectivity index (χ3n) is 3.98. The summed E-state index contributed by atoms with van der Waals surface area (Å²) in [5.41, 5.74) is 8.55. The van der Waals surface area contributed by atoms with Crippen LogP contribution in [0.3, 0.4) is 0 Å². The second kappa shape index (κ2) is 5.53. The van der Waals surface area contributed by atoms with Gasteiger partial charge in [0.1, 0.15) is 0 Å². The van der Waals surface area contributed by atoms with E-state index in [1.54, 1.807) is 0 Å². The SMILES string of the molecule is Cc1cnc(-c2ccc(-c3ccccc3)c(C)c2)cc1C. The molecule has 1 heteroatoms. The van der Waals surface area contributed by atoms with E-state index in [1.165, 1.54) is 33.4 Å². The van der Waals surface area contributed by atoms with Crippen molar-refractivity contribution in [3.63, 3.8) is 0 Å². The molecule has 0 aliphatic heterocycles. The summed E-state index contributed by atoms with van der Waals surface area (Å²) in [6.45, 7) is 6.38. The van der Waals surface area contributed by atoms with E-state index >= 15 is 0 Å². The highest BCUT2D eigenvalue weighted by atomic mass is 14.7. The smallest absolute Gasteiger partial charge is 0.0704 e. The van der Waals surface area contributed by atoms with Gasteiger partial charge in [0.05, 0.1) is 5.69 Å². The molecule has 0 saturated carbocycles. The quantitative estimate of drug-likeness (QED) is 0.614. The second-order valence-corrected chi connectivity index (χ2v) is 5.55. The lowest BCUT2D eigenvalue weighted by atomic mass is 9.97. The first-order valence-corrected chi connectivity index (χ1v) is 7.25. The maximum Gasteiger partial charge on any atom is 0.0704 e. The van der Waals surface area contributed by atoms with Gasteiger partial charge in [-0.2, -0.15) is 0 Å². The largest absolute Gasteiger partial charge is 0.256 e. The molecule has 0 spiro atoms. The minimum absolute atomic E-state index is 1.04. The van der Waals surface area contributed by atoms with E-state index in [0.29, 0.717) is 0 Å². The molecule has 0 aliphatic carbocycles. The summed E-state index contributed by atoms with van der Waals surface area (Å²) in [5.74, 6) is 0. The zero-order valence-corrected chi connectivity index (χ0v) is 12.7. The molecule has 0 amide bonds. The van der Waals surface area contributed by atoms with E-state index < -0.39 is 0 Å². The number of rotatable bonds is 2. The number of hydrogen-bond donors (Lipinski definition) is 0. The molecule has 21 heavy (non-hydrogen) atoms. The van der Waals surface area contributed by atoms with Gasteiger partial charge in [0.15, 0.2) is 0 Å². The Bertz CT molecular complexity index is 773. The van der Waals surface area contributed by atoms with Crippen molar-refractivity contribution in [1.29, 1.82) is 0 Å². The normalized spacial score (nSPS) is 10.6. The van der Waals surface area contributed by atoms with E-state index in [9.17, 15) is 0 Å². The lowest BCUT2D eigenvalue weighted by Crippen LogP contribution is -1.90. The maximum absolute atomic E-state index is 4.55. The highest BCUT2D eigenvalue weighted by Gasteiger charge is 2.06. The molecule has 1 aromatic heterocycles. The van der Waals surface area contributed by atoms with Crippen molar-refractivity contribution in [2.45, 2.75) is 20.8 Å². The van der Waals surface area contributed by atoms with Crippen molar-refractivity contribution in [1.82, 2.24) is 4.98 Å². The summed E-state index contributed by atoms with van der Waals surface area (Å²) < 4.78 is 0. The van der Waals surface area contributed by atoms with Crippen LogP contribution in [0.2, 0.25) is 0 Å². The Morgan fingerprint density at radius 2 is 1.43 bits per heavy atom. The number of hydrogen-bond acceptors (Lipinski definition) is 1. The molecule has 1 heterocycles. The summed E-state index contributed by atoms with van der Waals surface area (Å²) in [6, 6.07) is 19.2. The molecule has 104 valence electrons. The zero-order valence-electron chi connectivity index (χ0n) is 12.7. The third-order valence-corrected chi connectivity index (χ3v) is 3.98. The molecule has 0 aliphatic rings. The van der Waals surface area contributed by atoms with Gasteiger partial charge in [-0.3, -0.25) is 4.98 Å². The Labute approximate surface area is 126 Å². The molecule has 3 rings (SSSR count). The second-order valence-electron chi connectivity index (χ2n) is 5.55. The topological polar surface area (TPSA) is 12.9 Å². The Kier molecular flexibility index (Phi) is 3.57. The van der Waals surface area contributed by atoms with Gasteiger partial charge in [-0.1, -0.05) is 42.5 Å². The first-order chi connectivity index (χ1) is 10.1. The van der Waals surface area contributed by atoms with Gasteiger partial charge >= 0.3 is 0 Å². The first-order valence-electron chi connectivity index (χ1n) is 7.25. The summed E-state index contributed by atoms with van der Waals surface area (Å²) in [7, 11) is 0. The van der Waals surface area contributed by atoms with Gasteiger partial charge in [0.2, 0.25) is 0 Å². The Morgan fingerprint density at radius 3 is 2.10 bits per heavy atom. The van der Waals surface area contributed by atoms with Crippen LogP contribution in [0.15, 0.2) is 60.8 Å². The van der Waals surface area contributed by atoms with E-state index in [1.807, 2.05) is 12.3 Å². The number of aromatic nitrogens is 1. The highest BCUT2D eigenvalue weighted by Crippen LogP contribution is 2.28. The van der Waals surface area contributed by atoms with Crippen molar-refractivity contribution < 1.29 is 0 Å². The fourth-order valence-electron chi connectivity index (χ4n) is 2.55. The monoisotopic (exact) mass is 273 g/mol. The van der Waals surface area contributed by atoms with Crippen LogP contribution >= 0.6 is 0 Å². The van der Waals surface area contributed by atoms with Gasteiger partial charge in [-0.15, -0.1) is 0 Å². The summed E-state index contributed by atoms with van der Waals surface area (Å²) >= 11 is 0. The summed E-state index contributed by atoms with van der Waals surface area (Å²) in [5, 5.41) is 0.